The fourth-order valence-electron chi connectivity index (χ4n) is 3.47. The summed E-state index contributed by atoms with van der Waals surface area (Å²) < 4.78 is 11.6. The maximum Gasteiger partial charge on any atom is 0.0717 e. The number of hydrogen-bond donors (Lipinski definition) is 0. The van der Waals surface area contributed by atoms with Gasteiger partial charge in [-0.1, -0.05) is 60.7 Å². The van der Waals surface area contributed by atoms with Gasteiger partial charge in [-0.2, -0.15) is 0 Å². The lowest BCUT2D eigenvalue weighted by Crippen LogP contribution is -2.02. The number of nitrogens with zero attached hydrogens (tertiary/aromatic N) is 2. The first-order valence-corrected chi connectivity index (χ1v) is 11.0. The van der Waals surface area contributed by atoms with E-state index in [4.69, 9.17) is 9.47 Å². The van der Waals surface area contributed by atoms with Gasteiger partial charge in [-0.15, -0.1) is 0 Å². The van der Waals surface area contributed by atoms with Crippen molar-refractivity contribution in [1.82, 2.24) is 9.97 Å². The van der Waals surface area contributed by atoms with E-state index in [-0.39, 0.29) is 0 Å². The van der Waals surface area contributed by atoms with Crippen molar-refractivity contribution < 1.29 is 9.47 Å². The van der Waals surface area contributed by atoms with Gasteiger partial charge in [0.2, 0.25) is 0 Å². The van der Waals surface area contributed by atoms with Crippen LogP contribution in [0.5, 0.6) is 0 Å². The van der Waals surface area contributed by atoms with Gasteiger partial charge < -0.3 is 9.47 Å². The summed E-state index contributed by atoms with van der Waals surface area (Å²) in [7, 11) is 0. The minimum Gasteiger partial charge on any atom is -0.376 e. The molecule has 162 valence electrons. The van der Waals surface area contributed by atoms with Crippen LogP contribution in [-0.4, -0.2) is 23.2 Å². The Bertz CT molecular complexity index is 996. The van der Waals surface area contributed by atoms with Crippen molar-refractivity contribution in [3.05, 3.63) is 120 Å². The van der Waals surface area contributed by atoms with E-state index >= 15 is 0 Å². The van der Waals surface area contributed by atoms with Gasteiger partial charge in [0.25, 0.3) is 0 Å². The van der Waals surface area contributed by atoms with E-state index < -0.39 is 0 Å². The summed E-state index contributed by atoms with van der Waals surface area (Å²) >= 11 is 0. The minimum atomic E-state index is 0.626. The van der Waals surface area contributed by atoms with Crippen LogP contribution in [0, 0.1) is 0 Å². The van der Waals surface area contributed by atoms with E-state index in [1.807, 2.05) is 60.9 Å². The SMILES string of the molecule is c1ccc(COCCc2cc(-c3ccnc(CCOCc4ccccc4)c3)ccn2)cc1. The van der Waals surface area contributed by atoms with Crippen LogP contribution in [0.1, 0.15) is 22.5 Å². The lowest BCUT2D eigenvalue weighted by Gasteiger charge is -2.08. The van der Waals surface area contributed by atoms with Crippen molar-refractivity contribution in [2.24, 2.45) is 0 Å². The highest BCUT2D eigenvalue weighted by molar-refractivity contribution is 5.63. The zero-order chi connectivity index (χ0) is 21.8. The van der Waals surface area contributed by atoms with Gasteiger partial charge in [0.1, 0.15) is 0 Å². The Kier molecular flexibility index (Phi) is 8.13. The molecule has 4 aromatic rings. The molecule has 0 spiro atoms. The van der Waals surface area contributed by atoms with Crippen molar-refractivity contribution in [3.63, 3.8) is 0 Å². The Morgan fingerprint density at radius 2 is 0.969 bits per heavy atom. The molecule has 2 aromatic heterocycles. The average Bonchev–Trinajstić information content (AvgIpc) is 2.86. The van der Waals surface area contributed by atoms with Gasteiger partial charge in [0.15, 0.2) is 0 Å². The lowest BCUT2D eigenvalue weighted by atomic mass is 10.1. The molecule has 0 saturated carbocycles. The Morgan fingerprint density at radius 1 is 0.531 bits per heavy atom. The summed E-state index contributed by atoms with van der Waals surface area (Å²) in [4.78, 5) is 9.01. The summed E-state index contributed by atoms with van der Waals surface area (Å²) in [6.07, 6.45) is 5.30. The molecule has 0 aliphatic heterocycles. The number of hydrogen-bond acceptors (Lipinski definition) is 4. The van der Waals surface area contributed by atoms with E-state index in [0.717, 1.165) is 35.4 Å². The maximum absolute atomic E-state index is 5.81. The van der Waals surface area contributed by atoms with Gasteiger partial charge in [0.05, 0.1) is 26.4 Å². The third-order valence-electron chi connectivity index (χ3n) is 5.19. The molecule has 32 heavy (non-hydrogen) atoms. The molecule has 0 aliphatic carbocycles. The van der Waals surface area contributed by atoms with Gasteiger partial charge >= 0.3 is 0 Å². The van der Waals surface area contributed by atoms with Crippen molar-refractivity contribution in [2.45, 2.75) is 26.1 Å². The largest absolute Gasteiger partial charge is 0.376 e. The molecule has 0 N–H and O–H groups in total. The normalized spacial score (nSPS) is 10.9. The highest BCUT2D eigenvalue weighted by Crippen LogP contribution is 2.20. The second-order valence-corrected chi connectivity index (χ2v) is 7.65. The van der Waals surface area contributed by atoms with Crippen LogP contribution in [0.2, 0.25) is 0 Å². The molecule has 0 aliphatic rings. The van der Waals surface area contributed by atoms with Crippen LogP contribution in [0.15, 0.2) is 97.3 Å². The first-order valence-electron chi connectivity index (χ1n) is 11.0. The zero-order valence-electron chi connectivity index (χ0n) is 18.2. The molecule has 0 fully saturated rings. The molecule has 0 amide bonds. The van der Waals surface area contributed by atoms with Crippen LogP contribution in [0.3, 0.4) is 0 Å². The number of ether oxygens (including phenoxy) is 2. The number of pyridine rings is 2. The molecule has 0 saturated heterocycles. The predicted molar refractivity (Wildman–Crippen MR) is 127 cm³/mol. The fraction of sp³-hybridized carbons (Fsp3) is 0.214. The maximum atomic E-state index is 5.81. The summed E-state index contributed by atoms with van der Waals surface area (Å²) in [5.41, 5.74) is 6.72. The molecular weight excluding hydrogens is 396 g/mol. The Hall–Kier alpha value is -3.34. The fourth-order valence-corrected chi connectivity index (χ4v) is 3.47. The highest BCUT2D eigenvalue weighted by atomic mass is 16.5. The predicted octanol–water partition coefficient (Wildman–Crippen LogP) is 5.66. The van der Waals surface area contributed by atoms with Crippen LogP contribution in [0.25, 0.3) is 11.1 Å². The number of rotatable bonds is 11. The van der Waals surface area contributed by atoms with Crippen LogP contribution >= 0.6 is 0 Å². The van der Waals surface area contributed by atoms with Gasteiger partial charge in [0, 0.05) is 36.6 Å². The van der Waals surface area contributed by atoms with Crippen molar-refractivity contribution >= 4 is 0 Å². The second-order valence-electron chi connectivity index (χ2n) is 7.65. The summed E-state index contributed by atoms with van der Waals surface area (Å²) in [5.74, 6) is 0. The number of benzene rings is 2. The van der Waals surface area contributed by atoms with E-state index in [2.05, 4.69) is 46.4 Å². The van der Waals surface area contributed by atoms with Crippen molar-refractivity contribution in [3.8, 4) is 11.1 Å². The highest BCUT2D eigenvalue weighted by Gasteiger charge is 2.04. The standard InChI is InChI=1S/C28H28N2O2/c1-3-7-23(8-4-1)21-31-17-13-27-19-25(11-15-29-27)26-12-16-30-28(20-26)14-18-32-22-24-9-5-2-6-10-24/h1-12,15-16,19-20H,13-14,17-18,21-22H2. The van der Waals surface area contributed by atoms with Crippen molar-refractivity contribution in [2.75, 3.05) is 13.2 Å². The molecule has 0 bridgehead atoms. The third-order valence-corrected chi connectivity index (χ3v) is 5.19. The Morgan fingerprint density at radius 3 is 1.41 bits per heavy atom. The lowest BCUT2D eigenvalue weighted by molar-refractivity contribution is 0.123. The van der Waals surface area contributed by atoms with Gasteiger partial charge in [-0.05, 0) is 46.5 Å². The molecule has 0 radical (unpaired) electrons. The Labute approximate surface area is 189 Å². The topological polar surface area (TPSA) is 44.2 Å². The first-order chi connectivity index (χ1) is 15.9. The first kappa shape index (κ1) is 21.9. The van der Waals surface area contributed by atoms with E-state index in [0.29, 0.717) is 26.4 Å². The molecule has 2 aromatic carbocycles. The molecular formula is C28H28N2O2. The molecule has 4 nitrogen and oxygen atoms in total. The molecule has 2 heterocycles. The quantitative estimate of drug-likeness (QED) is 0.291. The van der Waals surface area contributed by atoms with E-state index in [1.54, 1.807) is 0 Å². The average molecular weight is 425 g/mol. The second kappa shape index (κ2) is 11.9. The zero-order valence-corrected chi connectivity index (χ0v) is 18.2. The molecule has 4 heteroatoms. The van der Waals surface area contributed by atoms with E-state index in [1.165, 1.54) is 11.1 Å². The molecule has 4 rings (SSSR count). The Balaban J connectivity index is 1.27. The monoisotopic (exact) mass is 424 g/mol. The van der Waals surface area contributed by atoms with Crippen LogP contribution in [-0.2, 0) is 35.5 Å². The van der Waals surface area contributed by atoms with Crippen molar-refractivity contribution in [1.29, 1.82) is 0 Å². The number of aromatic nitrogens is 2. The van der Waals surface area contributed by atoms with Crippen LogP contribution < -0.4 is 0 Å². The van der Waals surface area contributed by atoms with Gasteiger partial charge in [-0.25, -0.2) is 0 Å². The summed E-state index contributed by atoms with van der Waals surface area (Å²) in [5, 5.41) is 0. The third kappa shape index (κ3) is 6.84. The molecule has 0 atom stereocenters. The summed E-state index contributed by atoms with van der Waals surface area (Å²) in [6.45, 7) is 2.54. The van der Waals surface area contributed by atoms with Crippen LogP contribution in [0.4, 0.5) is 0 Å². The van der Waals surface area contributed by atoms with Gasteiger partial charge in [-0.3, -0.25) is 9.97 Å². The minimum absolute atomic E-state index is 0.626. The van der Waals surface area contributed by atoms with E-state index in [9.17, 15) is 0 Å². The summed E-state index contributed by atoms with van der Waals surface area (Å²) in [6, 6.07) is 28.8. The molecule has 0 unspecified atom stereocenters. The smallest absolute Gasteiger partial charge is 0.0717 e.